The number of hydrogen-bond donors (Lipinski definition) is 1. The zero-order chi connectivity index (χ0) is 26.6. The van der Waals surface area contributed by atoms with Crippen LogP contribution in [-0.4, -0.2) is 50.3 Å². The summed E-state index contributed by atoms with van der Waals surface area (Å²) in [5.74, 6) is 0.290. The highest BCUT2D eigenvalue weighted by molar-refractivity contribution is 9.10. The Morgan fingerprint density at radius 1 is 0.842 bits per heavy atom. The van der Waals surface area contributed by atoms with E-state index in [1.165, 1.54) is 0 Å². The van der Waals surface area contributed by atoms with Crippen LogP contribution in [0.1, 0.15) is 42.9 Å². The van der Waals surface area contributed by atoms with Gasteiger partial charge in [-0.1, -0.05) is 76.6 Å². The maximum absolute atomic E-state index is 13.4. The summed E-state index contributed by atoms with van der Waals surface area (Å²) in [7, 11) is -3.64. The summed E-state index contributed by atoms with van der Waals surface area (Å²) >= 11 is 3.47. The molecule has 2 saturated heterocycles. The van der Waals surface area contributed by atoms with E-state index in [4.69, 9.17) is 0 Å². The van der Waals surface area contributed by atoms with E-state index in [2.05, 4.69) is 37.7 Å². The number of benzene rings is 3. The fraction of sp³-hybridized carbons (Fsp3) is 0.367. The minimum Gasteiger partial charge on any atom is -0.338 e. The molecule has 200 valence electrons. The standard InChI is InChI=1S/C30H34BrN3O3S/c31-26-13-11-24(12-14-26)23-34-22-18-30(29(34)35)16-20-33(21-17-30)19-15-28(25-7-3-1-4-8-25)32-38(36,37)27-9-5-2-6-10-27/h1-14,28,32H,15-23H2. The average molecular weight is 597 g/mol. The number of carbonyl (C=O) groups excluding carboxylic acids is 1. The van der Waals surface area contributed by atoms with Crippen LogP contribution in [0.3, 0.4) is 0 Å². The monoisotopic (exact) mass is 595 g/mol. The first-order valence-corrected chi connectivity index (χ1v) is 15.5. The molecule has 3 aromatic rings. The van der Waals surface area contributed by atoms with Crippen molar-refractivity contribution in [2.75, 3.05) is 26.2 Å². The second kappa shape index (κ2) is 11.7. The molecule has 1 N–H and O–H groups in total. The lowest BCUT2D eigenvalue weighted by molar-refractivity contribution is -0.138. The highest BCUT2D eigenvalue weighted by atomic mass is 79.9. The molecular weight excluding hydrogens is 562 g/mol. The highest BCUT2D eigenvalue weighted by Gasteiger charge is 2.47. The van der Waals surface area contributed by atoms with E-state index in [0.717, 1.165) is 61.0 Å². The fourth-order valence-corrected chi connectivity index (χ4v) is 7.21. The van der Waals surface area contributed by atoms with Crippen LogP contribution >= 0.6 is 15.9 Å². The van der Waals surface area contributed by atoms with Crippen molar-refractivity contribution in [3.05, 3.63) is 101 Å². The van der Waals surface area contributed by atoms with Gasteiger partial charge in [0, 0.05) is 23.6 Å². The van der Waals surface area contributed by atoms with Crippen molar-refractivity contribution in [2.24, 2.45) is 5.41 Å². The van der Waals surface area contributed by atoms with Crippen molar-refractivity contribution in [3.63, 3.8) is 0 Å². The zero-order valence-electron chi connectivity index (χ0n) is 21.4. The SMILES string of the molecule is O=C1N(Cc2ccc(Br)cc2)CCC12CCN(CCC(NS(=O)(=O)c1ccccc1)c1ccccc1)CC2. The van der Waals surface area contributed by atoms with Gasteiger partial charge in [0.05, 0.1) is 10.3 Å². The Hall–Kier alpha value is -2.52. The van der Waals surface area contributed by atoms with Crippen molar-refractivity contribution >= 4 is 31.9 Å². The molecule has 0 aromatic heterocycles. The van der Waals surface area contributed by atoms with Gasteiger partial charge in [-0.2, -0.15) is 0 Å². The molecule has 2 aliphatic rings. The minimum atomic E-state index is -3.64. The lowest BCUT2D eigenvalue weighted by atomic mass is 9.77. The van der Waals surface area contributed by atoms with Crippen LogP contribution in [0.4, 0.5) is 0 Å². The summed E-state index contributed by atoms with van der Waals surface area (Å²) in [6, 6.07) is 26.1. The van der Waals surface area contributed by atoms with Crippen LogP contribution in [-0.2, 0) is 21.4 Å². The van der Waals surface area contributed by atoms with Crippen molar-refractivity contribution in [3.8, 4) is 0 Å². The largest absolute Gasteiger partial charge is 0.338 e. The Morgan fingerprint density at radius 2 is 1.45 bits per heavy atom. The third-order valence-corrected chi connectivity index (χ3v) is 10.0. The molecule has 1 atom stereocenters. The molecule has 3 aromatic carbocycles. The van der Waals surface area contributed by atoms with Crippen LogP contribution in [0.2, 0.25) is 0 Å². The van der Waals surface area contributed by atoms with Crippen molar-refractivity contribution in [1.29, 1.82) is 0 Å². The molecule has 5 rings (SSSR count). The third kappa shape index (κ3) is 6.20. The number of rotatable bonds is 9. The van der Waals surface area contributed by atoms with Crippen molar-refractivity contribution < 1.29 is 13.2 Å². The number of carbonyl (C=O) groups is 1. The third-order valence-electron chi connectivity index (χ3n) is 7.99. The molecule has 6 nitrogen and oxygen atoms in total. The number of likely N-dealkylation sites (tertiary alicyclic amines) is 2. The van der Waals surface area contributed by atoms with Gasteiger partial charge in [-0.05, 0) is 80.7 Å². The van der Waals surface area contributed by atoms with Gasteiger partial charge in [0.25, 0.3) is 0 Å². The van der Waals surface area contributed by atoms with E-state index in [9.17, 15) is 13.2 Å². The number of piperidine rings is 1. The number of hydrogen-bond acceptors (Lipinski definition) is 4. The van der Waals surface area contributed by atoms with Crippen LogP contribution in [0.5, 0.6) is 0 Å². The molecule has 2 heterocycles. The average Bonchev–Trinajstić information content (AvgIpc) is 3.24. The maximum Gasteiger partial charge on any atom is 0.241 e. The predicted molar refractivity (Wildman–Crippen MR) is 153 cm³/mol. The van der Waals surface area contributed by atoms with Gasteiger partial charge >= 0.3 is 0 Å². The highest BCUT2D eigenvalue weighted by Crippen LogP contribution is 2.42. The summed E-state index contributed by atoms with van der Waals surface area (Å²) < 4.78 is 30.1. The first kappa shape index (κ1) is 27.1. The van der Waals surface area contributed by atoms with Crippen LogP contribution in [0.15, 0.2) is 94.3 Å². The van der Waals surface area contributed by atoms with E-state index in [1.807, 2.05) is 53.4 Å². The summed E-state index contributed by atoms with van der Waals surface area (Å²) in [4.78, 5) is 18.1. The molecule has 38 heavy (non-hydrogen) atoms. The minimum absolute atomic E-state index is 0.250. The topological polar surface area (TPSA) is 69.7 Å². The van der Waals surface area contributed by atoms with Gasteiger partial charge < -0.3 is 9.80 Å². The number of nitrogens with zero attached hydrogens (tertiary/aromatic N) is 2. The second-order valence-electron chi connectivity index (χ2n) is 10.4. The van der Waals surface area contributed by atoms with E-state index in [-0.39, 0.29) is 22.3 Å². The predicted octanol–water partition coefficient (Wildman–Crippen LogP) is 5.37. The first-order valence-electron chi connectivity index (χ1n) is 13.2. The second-order valence-corrected chi connectivity index (χ2v) is 13.0. The molecule has 0 saturated carbocycles. The molecule has 8 heteroatoms. The Bertz CT molecular complexity index is 1330. The van der Waals surface area contributed by atoms with Crippen LogP contribution in [0.25, 0.3) is 0 Å². The smallest absolute Gasteiger partial charge is 0.241 e. The number of sulfonamides is 1. The number of amides is 1. The molecule has 2 aliphatic heterocycles. The van der Waals surface area contributed by atoms with Gasteiger partial charge in [-0.15, -0.1) is 0 Å². The lowest BCUT2D eigenvalue weighted by Gasteiger charge is -2.38. The van der Waals surface area contributed by atoms with E-state index in [1.54, 1.807) is 24.3 Å². The Kier molecular flexibility index (Phi) is 8.33. The molecule has 1 spiro atoms. The molecular formula is C30H34BrN3O3S. The van der Waals surface area contributed by atoms with E-state index >= 15 is 0 Å². The van der Waals surface area contributed by atoms with Crippen LogP contribution in [0, 0.1) is 5.41 Å². The first-order chi connectivity index (χ1) is 18.3. The fourth-order valence-electron chi connectivity index (χ4n) is 5.67. The normalized spacial score (nSPS) is 18.7. The van der Waals surface area contributed by atoms with Crippen molar-refractivity contribution in [1.82, 2.24) is 14.5 Å². The summed E-state index contributed by atoms with van der Waals surface area (Å²) in [5, 5.41) is 0. The van der Waals surface area contributed by atoms with E-state index < -0.39 is 10.0 Å². The molecule has 0 bridgehead atoms. The molecule has 0 radical (unpaired) electrons. The Morgan fingerprint density at radius 3 is 2.11 bits per heavy atom. The lowest BCUT2D eigenvalue weighted by Crippen LogP contribution is -2.45. The molecule has 1 amide bonds. The summed E-state index contributed by atoms with van der Waals surface area (Å²) in [5.41, 5.74) is 1.86. The molecule has 2 fully saturated rings. The Balaban J connectivity index is 1.19. The van der Waals surface area contributed by atoms with Gasteiger partial charge in [0.1, 0.15) is 0 Å². The van der Waals surface area contributed by atoms with Gasteiger partial charge in [-0.3, -0.25) is 4.79 Å². The number of halogens is 1. The quantitative estimate of drug-likeness (QED) is 0.361. The van der Waals surface area contributed by atoms with Gasteiger partial charge in [0.2, 0.25) is 15.9 Å². The van der Waals surface area contributed by atoms with Crippen molar-refractivity contribution in [2.45, 2.75) is 43.2 Å². The molecule has 1 unspecified atom stereocenters. The van der Waals surface area contributed by atoms with Crippen LogP contribution < -0.4 is 4.72 Å². The van der Waals surface area contributed by atoms with Gasteiger partial charge in [0.15, 0.2) is 0 Å². The maximum atomic E-state index is 13.4. The summed E-state index contributed by atoms with van der Waals surface area (Å²) in [6.45, 7) is 3.95. The van der Waals surface area contributed by atoms with Gasteiger partial charge in [-0.25, -0.2) is 13.1 Å². The Labute approximate surface area is 234 Å². The molecule has 0 aliphatic carbocycles. The number of nitrogens with one attached hydrogen (secondary N) is 1. The van der Waals surface area contributed by atoms with E-state index in [0.29, 0.717) is 13.0 Å². The summed E-state index contributed by atoms with van der Waals surface area (Å²) in [6.07, 6.45) is 3.29. The zero-order valence-corrected chi connectivity index (χ0v) is 23.8.